The fourth-order valence-electron chi connectivity index (χ4n) is 6.75. The van der Waals surface area contributed by atoms with Gasteiger partial charge in [-0.15, -0.1) is 0 Å². The zero-order valence-corrected chi connectivity index (χ0v) is 41.3. The van der Waals surface area contributed by atoms with Crippen molar-refractivity contribution in [3.63, 3.8) is 0 Å². The second kappa shape index (κ2) is 42.6. The third-order valence-electron chi connectivity index (χ3n) is 10.8. The largest absolute Gasteiger partial charge is 0.394 e. The van der Waals surface area contributed by atoms with Gasteiger partial charge in [0.05, 0.1) is 31.8 Å². The van der Waals surface area contributed by atoms with Gasteiger partial charge in [-0.25, -0.2) is 0 Å². The van der Waals surface area contributed by atoms with Crippen LogP contribution in [0, 0.1) is 0 Å². The van der Waals surface area contributed by atoms with Crippen LogP contribution < -0.4 is 54.8 Å². The molecule has 0 aliphatic carbocycles. The van der Waals surface area contributed by atoms with Gasteiger partial charge < -0.3 is 69.9 Å². The molecule has 0 saturated heterocycles. The molecule has 0 aromatic rings. The molecule has 0 aromatic heterocycles. The van der Waals surface area contributed by atoms with Gasteiger partial charge in [-0.3, -0.25) is 38.5 Å². The summed E-state index contributed by atoms with van der Waals surface area (Å²) in [5, 5.41) is 36.1. The van der Waals surface area contributed by atoms with Gasteiger partial charge in [0.2, 0.25) is 41.4 Å². The number of amides is 7. The molecule has 0 aliphatic heterocycles. The molecule has 16 N–H and O–H groups in total. The number of nitrogens with two attached hydrogens (primary N) is 4. The van der Waals surface area contributed by atoms with Gasteiger partial charge in [0.15, 0.2) is 0 Å². The lowest BCUT2D eigenvalue weighted by Gasteiger charge is -2.28. The third-order valence-corrected chi connectivity index (χ3v) is 10.8. The number of carbonyl (C=O) groups is 7. The van der Waals surface area contributed by atoms with Crippen molar-refractivity contribution in [3.8, 4) is 0 Å². The van der Waals surface area contributed by atoms with Crippen molar-refractivity contribution in [1.82, 2.24) is 41.7 Å². The lowest BCUT2D eigenvalue weighted by atomic mass is 10.1. The summed E-state index contributed by atoms with van der Waals surface area (Å²) in [5.74, 6) is -2.58. The van der Waals surface area contributed by atoms with Crippen LogP contribution in [-0.2, 0) is 33.6 Å². The Morgan fingerprint density at radius 2 is 0.926 bits per heavy atom. The zero-order valence-electron chi connectivity index (χ0n) is 41.3. The molecule has 392 valence electrons. The van der Waals surface area contributed by atoms with E-state index in [1.165, 1.54) is 0 Å². The highest BCUT2D eigenvalue weighted by molar-refractivity contribution is 5.90. The van der Waals surface area contributed by atoms with Crippen LogP contribution in [0.5, 0.6) is 0 Å². The molecule has 21 heteroatoms. The molecule has 0 aromatic carbocycles. The first kappa shape index (κ1) is 63.5. The maximum atomic E-state index is 14.1. The van der Waals surface area contributed by atoms with Crippen LogP contribution in [0.25, 0.3) is 0 Å². The molecule has 68 heavy (non-hydrogen) atoms. The second-order valence-electron chi connectivity index (χ2n) is 16.8. The highest BCUT2D eigenvalue weighted by Gasteiger charge is 2.25. The first-order chi connectivity index (χ1) is 32.8. The maximum Gasteiger partial charge on any atom is 0.244 e. The molecule has 21 nitrogen and oxygen atoms in total. The van der Waals surface area contributed by atoms with Gasteiger partial charge in [0, 0.05) is 65.2 Å². The number of nitrogens with one attached hydrogen (secondary N) is 6. The Balaban J connectivity index is 5.83. The van der Waals surface area contributed by atoms with Gasteiger partial charge in [0.25, 0.3) is 0 Å². The number of aliphatic hydroxyl groups excluding tert-OH is 2. The highest BCUT2D eigenvalue weighted by Crippen LogP contribution is 2.05. The summed E-state index contributed by atoms with van der Waals surface area (Å²) in [7, 11) is 0. The fraction of sp³-hybridized carbons (Fsp3) is 0.766. The third kappa shape index (κ3) is 33.1. The molecule has 4 atom stereocenters. The van der Waals surface area contributed by atoms with E-state index in [0.29, 0.717) is 149 Å². The van der Waals surface area contributed by atoms with E-state index in [-0.39, 0.29) is 37.4 Å². The second-order valence-corrected chi connectivity index (χ2v) is 16.8. The Morgan fingerprint density at radius 3 is 1.35 bits per heavy atom. The van der Waals surface area contributed by atoms with Crippen LogP contribution in [0.2, 0.25) is 0 Å². The van der Waals surface area contributed by atoms with Crippen molar-refractivity contribution in [2.45, 2.75) is 147 Å². The van der Waals surface area contributed by atoms with Crippen molar-refractivity contribution < 1.29 is 43.8 Å². The number of unbranched alkanes of at least 4 members (excludes halogenated alkanes) is 3. The van der Waals surface area contributed by atoms with E-state index >= 15 is 0 Å². The van der Waals surface area contributed by atoms with Crippen LogP contribution >= 0.6 is 0 Å². The monoisotopic (exact) mass is 967 g/mol. The van der Waals surface area contributed by atoms with Gasteiger partial charge in [-0.05, 0) is 96.6 Å². The molecule has 0 heterocycles. The number of rotatable bonds is 43. The molecule has 0 bridgehead atoms. The summed E-state index contributed by atoms with van der Waals surface area (Å²) in [4.78, 5) is 93.4. The SMILES string of the molecule is CCC=CCCC(=O)NCCCCN(CCCNC(=O)CCC=CCC)C(=O)CN(CCCNC(=O)[C@H](CO)NC(=O)[C@@H](N)CCCCN)CCCNC(=O)[C@H](CO)NC(=O)[C@@H](N)CCCCN. The minimum Gasteiger partial charge on any atom is -0.394 e. The number of hydrogen-bond donors (Lipinski definition) is 12. The van der Waals surface area contributed by atoms with Crippen molar-refractivity contribution in [1.29, 1.82) is 0 Å². The van der Waals surface area contributed by atoms with E-state index in [0.717, 1.165) is 12.8 Å². The Morgan fingerprint density at radius 1 is 0.515 bits per heavy atom. The lowest BCUT2D eigenvalue weighted by molar-refractivity contribution is -0.133. The number of carbonyl (C=O) groups excluding carboxylic acids is 7. The van der Waals surface area contributed by atoms with Crippen LogP contribution in [-0.4, -0.2) is 171 Å². The van der Waals surface area contributed by atoms with E-state index < -0.39 is 61.0 Å². The number of hydrogen-bond acceptors (Lipinski definition) is 14. The summed E-state index contributed by atoms with van der Waals surface area (Å²) in [6.45, 7) is 6.35. The highest BCUT2D eigenvalue weighted by atomic mass is 16.3. The average molecular weight is 967 g/mol. The molecule has 0 radical (unpaired) electrons. The quantitative estimate of drug-likeness (QED) is 0.0255. The number of nitrogens with zero attached hydrogens (tertiary/aromatic N) is 2. The van der Waals surface area contributed by atoms with Crippen molar-refractivity contribution in [3.05, 3.63) is 24.3 Å². The molecule has 0 saturated carbocycles. The van der Waals surface area contributed by atoms with Crippen LogP contribution in [0.4, 0.5) is 0 Å². The van der Waals surface area contributed by atoms with Gasteiger partial charge in [-0.2, -0.15) is 0 Å². The molecular formula is C47H90N12O9. The summed E-state index contributed by atoms with van der Waals surface area (Å²) in [6.07, 6.45) is 17.9. The van der Waals surface area contributed by atoms with Crippen LogP contribution in [0.3, 0.4) is 0 Å². The van der Waals surface area contributed by atoms with E-state index in [4.69, 9.17) is 22.9 Å². The molecule has 0 aliphatic rings. The smallest absolute Gasteiger partial charge is 0.244 e. The van der Waals surface area contributed by atoms with Crippen LogP contribution in [0.1, 0.15) is 123 Å². The molecule has 7 amide bonds. The maximum absolute atomic E-state index is 14.1. The lowest BCUT2D eigenvalue weighted by Crippen LogP contribution is -2.53. The standard InChI is InChI=1S/C47H90N12O9/c1-3-5-7-9-22-41(62)52-26-15-16-32-59(33-19-27-53-42(63)23-10-8-6-4-2)43(64)34-58(30-17-28-54-46(67)39(35-60)56-44(65)37(50)20-11-13-24-48)31-18-29-55-47(68)40(36-61)57-45(66)38(51)21-12-14-25-49/h5-8,37-40,60-61H,3-4,9-36,48-51H2,1-2H3,(H,52,62)(H,53,63)(H,54,67)(H,55,68)(H,56,65)(H,57,66)/t37-,38-,39-,40-/m0/s1. The first-order valence-corrected chi connectivity index (χ1v) is 24.9. The van der Waals surface area contributed by atoms with Gasteiger partial charge in [-0.1, -0.05) is 51.0 Å². The van der Waals surface area contributed by atoms with E-state index in [9.17, 15) is 43.8 Å². The van der Waals surface area contributed by atoms with E-state index in [1.54, 1.807) is 4.90 Å². The molecular weight excluding hydrogens is 877 g/mol. The topological polar surface area (TPSA) is 343 Å². The predicted molar refractivity (Wildman–Crippen MR) is 265 cm³/mol. The van der Waals surface area contributed by atoms with Crippen molar-refractivity contribution >= 4 is 41.4 Å². The first-order valence-electron chi connectivity index (χ1n) is 24.9. The molecule has 0 rings (SSSR count). The number of allylic oxidation sites excluding steroid dienone is 4. The molecule has 0 unspecified atom stereocenters. The van der Waals surface area contributed by atoms with E-state index in [1.807, 2.05) is 43.1 Å². The Bertz CT molecular complexity index is 1410. The Hall–Kier alpha value is -4.51. The van der Waals surface area contributed by atoms with Crippen molar-refractivity contribution in [2.24, 2.45) is 22.9 Å². The van der Waals surface area contributed by atoms with Gasteiger partial charge >= 0.3 is 0 Å². The zero-order chi connectivity index (χ0) is 50.8. The summed E-state index contributed by atoms with van der Waals surface area (Å²) in [6, 6.07) is -4.14. The summed E-state index contributed by atoms with van der Waals surface area (Å²) < 4.78 is 0. The predicted octanol–water partition coefficient (Wildman–Crippen LogP) is -1.11. The summed E-state index contributed by atoms with van der Waals surface area (Å²) >= 11 is 0. The fourth-order valence-corrected chi connectivity index (χ4v) is 6.75. The normalized spacial score (nSPS) is 13.2. The average Bonchev–Trinajstić information content (AvgIpc) is 3.32. The summed E-state index contributed by atoms with van der Waals surface area (Å²) in [5.41, 5.74) is 23.0. The Kier molecular flexibility index (Phi) is 39.8. The van der Waals surface area contributed by atoms with Crippen molar-refractivity contribution in [2.75, 3.05) is 85.2 Å². The van der Waals surface area contributed by atoms with E-state index in [2.05, 4.69) is 31.9 Å². The minimum atomic E-state index is -1.21. The van der Waals surface area contributed by atoms with Gasteiger partial charge in [0.1, 0.15) is 12.1 Å². The molecule has 0 spiro atoms. The number of aliphatic hydroxyl groups is 2. The van der Waals surface area contributed by atoms with Crippen LogP contribution in [0.15, 0.2) is 24.3 Å². The Labute approximate surface area is 405 Å². The minimum absolute atomic E-state index is 0.00520. The molecule has 0 fully saturated rings.